The number of amides is 1. The summed E-state index contributed by atoms with van der Waals surface area (Å²) in [5.74, 6) is 0.880. The fourth-order valence-corrected chi connectivity index (χ4v) is 2.87. The van der Waals surface area contributed by atoms with Gasteiger partial charge in [0.1, 0.15) is 5.75 Å². The number of rotatable bonds is 2. The Labute approximate surface area is 116 Å². The van der Waals surface area contributed by atoms with Gasteiger partial charge in [0.15, 0.2) is 5.84 Å². The van der Waals surface area contributed by atoms with Crippen molar-refractivity contribution in [2.24, 2.45) is 10.9 Å². The molecule has 3 N–H and O–H groups in total. The van der Waals surface area contributed by atoms with Crippen LogP contribution in [0.3, 0.4) is 0 Å². The first kappa shape index (κ1) is 12.8. The Kier molecular flexibility index (Phi) is 3.22. The van der Waals surface area contributed by atoms with Gasteiger partial charge < -0.3 is 20.6 Å². The molecule has 6 nitrogen and oxygen atoms in total. The van der Waals surface area contributed by atoms with Crippen LogP contribution in [0.1, 0.15) is 28.8 Å². The molecule has 0 aliphatic carbocycles. The molecule has 1 aromatic rings. The molecule has 106 valence electrons. The third kappa shape index (κ3) is 2.07. The van der Waals surface area contributed by atoms with Crippen LogP contribution >= 0.6 is 0 Å². The monoisotopic (exact) mass is 275 g/mol. The number of nitrogens with zero attached hydrogens (tertiary/aromatic N) is 2. The van der Waals surface area contributed by atoms with Crippen molar-refractivity contribution in [1.29, 1.82) is 0 Å². The SMILES string of the molecule is NC(=NO)C1CCCN1C(=O)c1ccc2c(c1)CCO2. The van der Waals surface area contributed by atoms with Gasteiger partial charge in [0, 0.05) is 18.5 Å². The lowest BCUT2D eigenvalue weighted by Gasteiger charge is -2.23. The lowest BCUT2D eigenvalue weighted by Crippen LogP contribution is -2.43. The normalized spacial score (nSPS) is 21.7. The molecule has 20 heavy (non-hydrogen) atoms. The van der Waals surface area contributed by atoms with Gasteiger partial charge in [0.2, 0.25) is 0 Å². The van der Waals surface area contributed by atoms with Gasteiger partial charge >= 0.3 is 0 Å². The van der Waals surface area contributed by atoms with Crippen molar-refractivity contribution in [3.05, 3.63) is 29.3 Å². The zero-order valence-electron chi connectivity index (χ0n) is 11.1. The van der Waals surface area contributed by atoms with Crippen molar-refractivity contribution < 1.29 is 14.7 Å². The Morgan fingerprint density at radius 3 is 3.15 bits per heavy atom. The van der Waals surface area contributed by atoms with Crippen LogP contribution in [0.25, 0.3) is 0 Å². The number of nitrogens with two attached hydrogens (primary N) is 1. The van der Waals surface area contributed by atoms with Gasteiger partial charge in [-0.2, -0.15) is 0 Å². The Hall–Kier alpha value is -2.24. The molecule has 0 aromatic heterocycles. The van der Waals surface area contributed by atoms with Gasteiger partial charge in [-0.1, -0.05) is 5.16 Å². The summed E-state index contributed by atoms with van der Waals surface area (Å²) in [5, 5.41) is 11.8. The average Bonchev–Trinajstić information content (AvgIpc) is 3.13. The highest BCUT2D eigenvalue weighted by molar-refractivity contribution is 5.99. The highest BCUT2D eigenvalue weighted by Crippen LogP contribution is 2.27. The second-order valence-electron chi connectivity index (χ2n) is 5.10. The van der Waals surface area contributed by atoms with E-state index in [-0.39, 0.29) is 17.8 Å². The number of ether oxygens (including phenoxy) is 1. The molecule has 1 fully saturated rings. The van der Waals surface area contributed by atoms with E-state index < -0.39 is 0 Å². The molecule has 1 atom stereocenters. The molecule has 1 amide bonds. The zero-order valence-corrected chi connectivity index (χ0v) is 11.1. The summed E-state index contributed by atoms with van der Waals surface area (Å²) in [5.41, 5.74) is 7.36. The lowest BCUT2D eigenvalue weighted by molar-refractivity contribution is 0.0768. The third-order valence-electron chi connectivity index (χ3n) is 3.91. The van der Waals surface area contributed by atoms with Crippen molar-refractivity contribution >= 4 is 11.7 Å². The van der Waals surface area contributed by atoms with Crippen LogP contribution in [0.15, 0.2) is 23.4 Å². The van der Waals surface area contributed by atoms with Gasteiger partial charge in [0.05, 0.1) is 12.6 Å². The summed E-state index contributed by atoms with van der Waals surface area (Å²) in [6, 6.07) is 5.18. The number of likely N-dealkylation sites (tertiary alicyclic amines) is 1. The van der Waals surface area contributed by atoms with Gasteiger partial charge in [-0.15, -0.1) is 0 Å². The third-order valence-corrected chi connectivity index (χ3v) is 3.91. The van der Waals surface area contributed by atoms with E-state index in [0.717, 1.165) is 30.6 Å². The minimum Gasteiger partial charge on any atom is -0.493 e. The number of carbonyl (C=O) groups excluding carboxylic acids is 1. The van der Waals surface area contributed by atoms with Crippen molar-refractivity contribution in [2.75, 3.05) is 13.2 Å². The maximum atomic E-state index is 12.6. The second-order valence-corrected chi connectivity index (χ2v) is 5.10. The molecule has 0 radical (unpaired) electrons. The quantitative estimate of drug-likeness (QED) is 0.364. The molecule has 6 heteroatoms. The Morgan fingerprint density at radius 2 is 2.35 bits per heavy atom. The average molecular weight is 275 g/mol. The van der Waals surface area contributed by atoms with Crippen molar-refractivity contribution in [3.63, 3.8) is 0 Å². The lowest BCUT2D eigenvalue weighted by atomic mass is 10.1. The molecular formula is C14H17N3O3. The summed E-state index contributed by atoms with van der Waals surface area (Å²) in [6.45, 7) is 1.30. The molecule has 0 bridgehead atoms. The van der Waals surface area contributed by atoms with Crippen LogP contribution in [0.4, 0.5) is 0 Å². The molecule has 2 aliphatic rings. The fourth-order valence-electron chi connectivity index (χ4n) is 2.87. The van der Waals surface area contributed by atoms with Gasteiger partial charge in [-0.3, -0.25) is 4.79 Å². The Morgan fingerprint density at radius 1 is 1.50 bits per heavy atom. The van der Waals surface area contributed by atoms with E-state index in [9.17, 15) is 4.79 Å². The highest BCUT2D eigenvalue weighted by atomic mass is 16.5. The zero-order chi connectivity index (χ0) is 14.1. The van der Waals surface area contributed by atoms with Gasteiger partial charge in [-0.25, -0.2) is 0 Å². The summed E-state index contributed by atoms with van der Waals surface area (Å²) in [7, 11) is 0. The summed E-state index contributed by atoms with van der Waals surface area (Å²) in [4.78, 5) is 14.2. The molecule has 1 unspecified atom stereocenters. The highest BCUT2D eigenvalue weighted by Gasteiger charge is 2.32. The summed E-state index contributed by atoms with van der Waals surface area (Å²) in [6.07, 6.45) is 2.43. The maximum Gasteiger partial charge on any atom is 0.254 e. The number of fused-ring (bicyclic) bond motifs is 1. The number of hydrogen-bond acceptors (Lipinski definition) is 4. The number of amidine groups is 1. The largest absolute Gasteiger partial charge is 0.493 e. The van der Waals surface area contributed by atoms with E-state index in [2.05, 4.69) is 5.16 Å². The first-order chi connectivity index (χ1) is 9.70. The van der Waals surface area contributed by atoms with Crippen LogP contribution in [-0.4, -0.2) is 41.0 Å². The van der Waals surface area contributed by atoms with E-state index in [4.69, 9.17) is 15.7 Å². The topological polar surface area (TPSA) is 88.2 Å². The Bertz CT molecular complexity index is 571. The fraction of sp³-hybridized carbons (Fsp3) is 0.429. The number of carbonyl (C=O) groups is 1. The van der Waals surface area contributed by atoms with E-state index in [1.165, 1.54) is 0 Å². The molecule has 1 saturated heterocycles. The van der Waals surface area contributed by atoms with Crippen LogP contribution in [0.2, 0.25) is 0 Å². The van der Waals surface area contributed by atoms with Crippen molar-refractivity contribution in [2.45, 2.75) is 25.3 Å². The molecular weight excluding hydrogens is 258 g/mol. The Balaban J connectivity index is 1.85. The first-order valence-electron chi connectivity index (χ1n) is 6.75. The molecule has 2 heterocycles. The molecule has 0 saturated carbocycles. The maximum absolute atomic E-state index is 12.6. The predicted molar refractivity (Wildman–Crippen MR) is 73.1 cm³/mol. The van der Waals surface area contributed by atoms with Crippen molar-refractivity contribution in [3.8, 4) is 5.75 Å². The minimum atomic E-state index is -0.308. The summed E-state index contributed by atoms with van der Waals surface area (Å²) >= 11 is 0. The van der Waals surface area contributed by atoms with E-state index in [0.29, 0.717) is 18.7 Å². The number of benzene rings is 1. The molecule has 0 spiro atoms. The molecule has 2 aliphatic heterocycles. The van der Waals surface area contributed by atoms with Gasteiger partial charge in [0.25, 0.3) is 5.91 Å². The van der Waals surface area contributed by atoms with E-state index in [1.807, 2.05) is 12.1 Å². The van der Waals surface area contributed by atoms with Crippen LogP contribution in [0, 0.1) is 0 Å². The summed E-state index contributed by atoms with van der Waals surface area (Å²) < 4.78 is 5.44. The van der Waals surface area contributed by atoms with Crippen molar-refractivity contribution in [1.82, 2.24) is 4.90 Å². The minimum absolute atomic E-state index is 0.0752. The van der Waals surface area contributed by atoms with Crippen LogP contribution < -0.4 is 10.5 Å². The standard InChI is InChI=1S/C14H17N3O3/c15-13(16-19)11-2-1-6-17(11)14(18)10-3-4-12-9(8-10)5-7-20-12/h3-4,8,11,19H,1-2,5-7H2,(H2,15,16). The molecule has 3 rings (SSSR count). The predicted octanol–water partition coefficient (Wildman–Crippen LogP) is 0.972. The number of oxime groups is 1. The molecule has 1 aromatic carbocycles. The smallest absolute Gasteiger partial charge is 0.254 e. The van der Waals surface area contributed by atoms with E-state index in [1.54, 1.807) is 11.0 Å². The number of hydrogen-bond donors (Lipinski definition) is 2. The van der Waals surface area contributed by atoms with Crippen LogP contribution in [-0.2, 0) is 6.42 Å². The first-order valence-corrected chi connectivity index (χ1v) is 6.75. The van der Waals surface area contributed by atoms with E-state index >= 15 is 0 Å². The second kappa shape index (κ2) is 5.03. The van der Waals surface area contributed by atoms with Gasteiger partial charge in [-0.05, 0) is 36.6 Å². The van der Waals surface area contributed by atoms with Crippen LogP contribution in [0.5, 0.6) is 5.75 Å².